The summed E-state index contributed by atoms with van der Waals surface area (Å²) in [6, 6.07) is 12.9. The van der Waals surface area contributed by atoms with E-state index < -0.39 is 11.7 Å². The highest BCUT2D eigenvalue weighted by Crippen LogP contribution is 2.44. The molecular weight excluding hydrogens is 433 g/mol. The van der Waals surface area contributed by atoms with Crippen LogP contribution in [-0.4, -0.2) is 41.3 Å². The fourth-order valence-corrected chi connectivity index (χ4v) is 4.04. The quantitative estimate of drug-likeness (QED) is 0.441. The number of alkyl halides is 3. The molecule has 2 aromatic heterocycles. The molecule has 0 spiro atoms. The highest BCUT2D eigenvalue weighted by Gasteiger charge is 2.33. The van der Waals surface area contributed by atoms with Crippen molar-refractivity contribution in [3.05, 3.63) is 65.9 Å². The molecule has 1 atom stereocenters. The number of methoxy groups -OCH3 is 1. The summed E-state index contributed by atoms with van der Waals surface area (Å²) in [5, 5.41) is 0. The predicted octanol–water partition coefficient (Wildman–Crippen LogP) is 5.50. The number of pyridine rings is 1. The molecule has 0 fully saturated rings. The molecule has 6 nitrogen and oxygen atoms in total. The van der Waals surface area contributed by atoms with Crippen LogP contribution in [0, 0.1) is 6.92 Å². The zero-order chi connectivity index (χ0) is 23.2. The standard InChI is InChI=1S/C24H21F3N4O2/c1-14-6-9-21(28-11-14)31-16(12-32-2)13-33-22-17(4-3-5-20(22)31)23-29-18-8-7-15(24(25,26)27)10-19(18)30-23/h3-11,16H,12-13H2,1-2H3,(H,29,30). The van der Waals surface area contributed by atoms with Gasteiger partial charge in [-0.1, -0.05) is 12.1 Å². The molecule has 2 aromatic carbocycles. The van der Waals surface area contributed by atoms with E-state index in [4.69, 9.17) is 9.47 Å². The molecule has 0 aliphatic carbocycles. The molecule has 4 aromatic rings. The molecule has 0 saturated heterocycles. The Morgan fingerprint density at radius 1 is 1.18 bits per heavy atom. The van der Waals surface area contributed by atoms with Gasteiger partial charge in [-0.2, -0.15) is 13.2 Å². The largest absolute Gasteiger partial charge is 0.488 e. The Hall–Kier alpha value is -3.59. The van der Waals surface area contributed by atoms with Crippen molar-refractivity contribution in [2.45, 2.75) is 19.1 Å². The van der Waals surface area contributed by atoms with Crippen molar-refractivity contribution in [2.24, 2.45) is 0 Å². The molecule has 1 N–H and O–H groups in total. The molecule has 33 heavy (non-hydrogen) atoms. The minimum absolute atomic E-state index is 0.0991. The number of aryl methyl sites for hydroxylation is 1. The highest BCUT2D eigenvalue weighted by molar-refractivity contribution is 5.85. The Balaban J connectivity index is 1.61. The Labute approximate surface area is 188 Å². The van der Waals surface area contributed by atoms with E-state index in [1.54, 1.807) is 13.3 Å². The van der Waals surface area contributed by atoms with Crippen molar-refractivity contribution in [1.82, 2.24) is 15.0 Å². The topological polar surface area (TPSA) is 63.3 Å². The van der Waals surface area contributed by atoms with Crippen LogP contribution in [0.3, 0.4) is 0 Å². The van der Waals surface area contributed by atoms with Crippen molar-refractivity contribution in [3.8, 4) is 17.1 Å². The number of rotatable bonds is 4. The van der Waals surface area contributed by atoms with Gasteiger partial charge >= 0.3 is 6.18 Å². The first kappa shape index (κ1) is 21.3. The SMILES string of the molecule is COCC1COc2c(-c3nc4ccc(C(F)(F)F)cc4[nH]3)cccc2N1c1ccc(C)cn1. The van der Waals surface area contributed by atoms with E-state index in [1.165, 1.54) is 6.07 Å². The number of aromatic nitrogens is 3. The van der Waals surface area contributed by atoms with Gasteiger partial charge in [0.05, 0.1) is 40.5 Å². The average molecular weight is 454 g/mol. The van der Waals surface area contributed by atoms with Gasteiger partial charge in [-0.15, -0.1) is 0 Å². The maximum Gasteiger partial charge on any atom is 0.416 e. The molecule has 1 aliphatic heterocycles. The number of hydrogen-bond donors (Lipinski definition) is 1. The lowest BCUT2D eigenvalue weighted by atomic mass is 10.1. The van der Waals surface area contributed by atoms with E-state index in [-0.39, 0.29) is 6.04 Å². The summed E-state index contributed by atoms with van der Waals surface area (Å²) < 4.78 is 50.9. The van der Waals surface area contributed by atoms with Crippen LogP contribution >= 0.6 is 0 Å². The van der Waals surface area contributed by atoms with Gasteiger partial charge in [-0.05, 0) is 48.9 Å². The van der Waals surface area contributed by atoms with Crippen LogP contribution in [0.1, 0.15) is 11.1 Å². The van der Waals surface area contributed by atoms with Gasteiger partial charge < -0.3 is 19.4 Å². The second kappa shape index (κ2) is 8.08. The Bertz CT molecular complexity index is 1300. The Kier molecular flexibility index (Phi) is 5.20. The molecule has 0 saturated carbocycles. The minimum Gasteiger partial charge on any atom is -0.488 e. The number of ether oxygens (including phenoxy) is 2. The predicted molar refractivity (Wildman–Crippen MR) is 119 cm³/mol. The fraction of sp³-hybridized carbons (Fsp3) is 0.250. The summed E-state index contributed by atoms with van der Waals surface area (Å²) in [4.78, 5) is 14.2. The lowest BCUT2D eigenvalue weighted by molar-refractivity contribution is -0.137. The fourth-order valence-electron chi connectivity index (χ4n) is 4.04. The third-order valence-corrected chi connectivity index (χ3v) is 5.60. The van der Waals surface area contributed by atoms with Crippen LogP contribution in [0.5, 0.6) is 5.75 Å². The number of aromatic amines is 1. The molecule has 3 heterocycles. The van der Waals surface area contributed by atoms with Gasteiger partial charge in [0.1, 0.15) is 18.2 Å². The van der Waals surface area contributed by atoms with Crippen molar-refractivity contribution in [3.63, 3.8) is 0 Å². The normalized spacial score (nSPS) is 16.0. The summed E-state index contributed by atoms with van der Waals surface area (Å²) in [5.74, 6) is 1.77. The summed E-state index contributed by atoms with van der Waals surface area (Å²) in [5.41, 5.74) is 2.52. The summed E-state index contributed by atoms with van der Waals surface area (Å²) in [7, 11) is 1.64. The van der Waals surface area contributed by atoms with Crippen molar-refractivity contribution in [1.29, 1.82) is 0 Å². The zero-order valence-electron chi connectivity index (χ0n) is 18.0. The maximum atomic E-state index is 13.1. The molecule has 5 rings (SSSR count). The lowest BCUT2D eigenvalue weighted by Crippen LogP contribution is -2.43. The first-order chi connectivity index (χ1) is 15.8. The number of anilines is 2. The van der Waals surface area contributed by atoms with Crippen LogP contribution in [0.2, 0.25) is 0 Å². The van der Waals surface area contributed by atoms with Crippen molar-refractivity contribution < 1.29 is 22.6 Å². The Morgan fingerprint density at radius 2 is 2.03 bits per heavy atom. The van der Waals surface area contributed by atoms with Gasteiger partial charge in [0.15, 0.2) is 5.75 Å². The zero-order valence-corrected chi connectivity index (χ0v) is 18.0. The number of hydrogen-bond acceptors (Lipinski definition) is 5. The molecular formula is C24H21F3N4O2. The van der Waals surface area contributed by atoms with E-state index in [0.717, 1.165) is 29.2 Å². The van der Waals surface area contributed by atoms with E-state index in [0.29, 0.717) is 41.4 Å². The van der Waals surface area contributed by atoms with E-state index in [2.05, 4.69) is 19.9 Å². The number of nitrogens with one attached hydrogen (secondary N) is 1. The molecule has 170 valence electrons. The highest BCUT2D eigenvalue weighted by atomic mass is 19.4. The third kappa shape index (κ3) is 3.89. The first-order valence-electron chi connectivity index (χ1n) is 10.4. The number of imidazole rings is 1. The van der Waals surface area contributed by atoms with Crippen molar-refractivity contribution in [2.75, 3.05) is 25.2 Å². The molecule has 0 radical (unpaired) electrons. The average Bonchev–Trinajstić information content (AvgIpc) is 3.22. The van der Waals surface area contributed by atoms with E-state index >= 15 is 0 Å². The van der Waals surface area contributed by atoms with Gasteiger partial charge in [0.25, 0.3) is 0 Å². The van der Waals surface area contributed by atoms with Gasteiger partial charge in [-0.3, -0.25) is 0 Å². The second-order valence-corrected chi connectivity index (χ2v) is 7.95. The number of fused-ring (bicyclic) bond motifs is 2. The van der Waals surface area contributed by atoms with Gasteiger partial charge in [0.2, 0.25) is 0 Å². The number of benzene rings is 2. The number of H-pyrrole nitrogens is 1. The summed E-state index contributed by atoms with van der Waals surface area (Å²) in [6.45, 7) is 2.76. The molecule has 1 unspecified atom stereocenters. The van der Waals surface area contributed by atoms with Crippen LogP contribution in [0.15, 0.2) is 54.7 Å². The lowest BCUT2D eigenvalue weighted by Gasteiger charge is -2.38. The van der Waals surface area contributed by atoms with Crippen LogP contribution in [-0.2, 0) is 10.9 Å². The number of nitrogens with zero attached hydrogens (tertiary/aromatic N) is 3. The molecule has 0 amide bonds. The first-order valence-corrected chi connectivity index (χ1v) is 10.4. The number of halogens is 3. The minimum atomic E-state index is -4.42. The molecule has 0 bridgehead atoms. The van der Waals surface area contributed by atoms with Gasteiger partial charge in [0, 0.05) is 13.3 Å². The smallest absolute Gasteiger partial charge is 0.416 e. The second-order valence-electron chi connectivity index (χ2n) is 7.95. The van der Waals surface area contributed by atoms with E-state index in [9.17, 15) is 13.2 Å². The summed E-state index contributed by atoms with van der Waals surface area (Å²) >= 11 is 0. The Morgan fingerprint density at radius 3 is 2.76 bits per heavy atom. The van der Waals surface area contributed by atoms with Crippen LogP contribution in [0.25, 0.3) is 22.4 Å². The summed E-state index contributed by atoms with van der Waals surface area (Å²) in [6.07, 6.45) is -2.62. The molecule has 1 aliphatic rings. The molecule has 9 heteroatoms. The monoisotopic (exact) mass is 454 g/mol. The number of para-hydroxylation sites is 1. The van der Waals surface area contributed by atoms with Crippen LogP contribution in [0.4, 0.5) is 24.7 Å². The van der Waals surface area contributed by atoms with E-state index in [1.807, 2.05) is 37.3 Å². The van der Waals surface area contributed by atoms with Crippen LogP contribution < -0.4 is 9.64 Å². The van der Waals surface area contributed by atoms with Crippen molar-refractivity contribution >= 4 is 22.5 Å². The van der Waals surface area contributed by atoms with Gasteiger partial charge in [-0.25, -0.2) is 9.97 Å². The third-order valence-electron chi connectivity index (χ3n) is 5.60. The maximum absolute atomic E-state index is 13.1.